The van der Waals surface area contributed by atoms with Crippen molar-refractivity contribution in [3.05, 3.63) is 52.7 Å². The Balaban J connectivity index is 2.44. The first-order valence-corrected chi connectivity index (χ1v) is 7.95. The second-order valence-corrected chi connectivity index (χ2v) is 5.82. The van der Waals surface area contributed by atoms with E-state index in [1.165, 1.54) is 0 Å². The Bertz CT molecular complexity index is 724. The summed E-state index contributed by atoms with van der Waals surface area (Å²) in [6, 6.07) is 6.27. The molecule has 0 spiro atoms. The highest BCUT2D eigenvalue weighted by molar-refractivity contribution is 7.98. The third-order valence-corrected chi connectivity index (χ3v) is 4.00. The normalized spacial score (nSPS) is 11.4. The van der Waals surface area contributed by atoms with Crippen molar-refractivity contribution in [2.24, 2.45) is 0 Å². The van der Waals surface area contributed by atoms with Crippen LogP contribution in [0.4, 0.5) is 18.9 Å². The number of hydrogen-bond acceptors (Lipinski definition) is 3. The molecule has 0 unspecified atom stereocenters. The number of anilines is 1. The Labute approximate surface area is 136 Å². The number of carbonyl (C=O) groups is 1. The average molecular weight is 340 g/mol. The maximum atomic E-state index is 13.2. The van der Waals surface area contributed by atoms with Gasteiger partial charge in [0.2, 0.25) is 0 Å². The van der Waals surface area contributed by atoms with Crippen LogP contribution in [0.5, 0.6) is 0 Å². The van der Waals surface area contributed by atoms with Crippen LogP contribution in [-0.4, -0.2) is 17.1 Å². The van der Waals surface area contributed by atoms with Crippen LogP contribution in [-0.2, 0) is 6.18 Å². The van der Waals surface area contributed by atoms with E-state index in [9.17, 15) is 18.0 Å². The number of aromatic nitrogens is 1. The monoisotopic (exact) mass is 340 g/mol. The fraction of sp³-hybridized carbons (Fsp3) is 0.250. The van der Waals surface area contributed by atoms with Gasteiger partial charge in [0.15, 0.2) is 0 Å². The first-order chi connectivity index (χ1) is 10.7. The fourth-order valence-corrected chi connectivity index (χ4v) is 2.55. The Hall–Kier alpha value is -2.02. The molecule has 1 aromatic heterocycles. The van der Waals surface area contributed by atoms with Gasteiger partial charge in [0.1, 0.15) is 0 Å². The Morgan fingerprint density at radius 3 is 2.35 bits per heavy atom. The van der Waals surface area contributed by atoms with E-state index in [1.54, 1.807) is 32.2 Å². The molecule has 1 amide bonds. The molecule has 0 radical (unpaired) electrons. The molecule has 0 saturated heterocycles. The number of rotatable bonds is 3. The molecule has 3 nitrogen and oxygen atoms in total. The van der Waals surface area contributed by atoms with Crippen molar-refractivity contribution in [3.8, 4) is 0 Å². The number of hydrogen-bond donors (Lipinski definition) is 1. The summed E-state index contributed by atoms with van der Waals surface area (Å²) in [4.78, 5) is 16.2. The van der Waals surface area contributed by atoms with Gasteiger partial charge < -0.3 is 5.32 Å². The molecule has 122 valence electrons. The second-order valence-electron chi connectivity index (χ2n) is 4.99. The number of nitrogens with one attached hydrogen (secondary N) is 1. The fourth-order valence-electron chi connectivity index (χ4n) is 2.16. The van der Waals surface area contributed by atoms with Crippen LogP contribution in [0, 0.1) is 13.8 Å². The molecule has 1 aromatic carbocycles. The molecule has 0 atom stereocenters. The molecule has 0 aliphatic carbocycles. The van der Waals surface area contributed by atoms with E-state index < -0.39 is 23.2 Å². The number of amides is 1. The van der Waals surface area contributed by atoms with E-state index in [-0.39, 0.29) is 5.03 Å². The van der Waals surface area contributed by atoms with Gasteiger partial charge in [-0.2, -0.15) is 13.2 Å². The zero-order chi connectivity index (χ0) is 17.2. The van der Waals surface area contributed by atoms with Crippen molar-refractivity contribution in [3.63, 3.8) is 0 Å². The number of para-hydroxylation sites is 1. The number of halogens is 3. The highest BCUT2D eigenvalue weighted by Crippen LogP contribution is 2.34. The summed E-state index contributed by atoms with van der Waals surface area (Å²) in [6.07, 6.45) is -2.03. The van der Waals surface area contributed by atoms with E-state index in [0.717, 1.165) is 35.2 Å². The quantitative estimate of drug-likeness (QED) is 0.824. The molecule has 0 fully saturated rings. The van der Waals surface area contributed by atoms with Gasteiger partial charge in [-0.05, 0) is 37.3 Å². The Morgan fingerprint density at radius 1 is 1.22 bits per heavy atom. The molecule has 2 rings (SSSR count). The number of thioether (sulfide) groups is 1. The van der Waals surface area contributed by atoms with Gasteiger partial charge in [0.05, 0.1) is 16.2 Å². The third kappa shape index (κ3) is 3.85. The number of benzene rings is 1. The standard InChI is InChI=1S/C16H15F3N2OS/c1-9-5-4-6-10(2)14(9)21-15(22)11-8-20-13(23-3)7-12(11)16(17,18)19/h4-8H,1-3H3,(H,21,22). The van der Waals surface area contributed by atoms with Gasteiger partial charge in [0.25, 0.3) is 5.91 Å². The van der Waals surface area contributed by atoms with Gasteiger partial charge in [-0.25, -0.2) is 4.98 Å². The predicted octanol–water partition coefficient (Wildman–Crippen LogP) is 4.69. The summed E-state index contributed by atoms with van der Waals surface area (Å²) < 4.78 is 39.6. The van der Waals surface area contributed by atoms with E-state index in [0.29, 0.717) is 5.69 Å². The van der Waals surface area contributed by atoms with Gasteiger partial charge in [-0.1, -0.05) is 18.2 Å². The van der Waals surface area contributed by atoms with E-state index >= 15 is 0 Å². The summed E-state index contributed by atoms with van der Waals surface area (Å²) in [5.74, 6) is -0.824. The van der Waals surface area contributed by atoms with Crippen molar-refractivity contribution in [1.29, 1.82) is 0 Å². The number of nitrogens with zero attached hydrogens (tertiary/aromatic N) is 1. The summed E-state index contributed by atoms with van der Waals surface area (Å²) in [7, 11) is 0. The first-order valence-electron chi connectivity index (χ1n) is 6.73. The number of alkyl halides is 3. The van der Waals surface area contributed by atoms with Crippen molar-refractivity contribution in [2.75, 3.05) is 11.6 Å². The van der Waals surface area contributed by atoms with E-state index in [1.807, 2.05) is 6.07 Å². The van der Waals surface area contributed by atoms with Crippen LogP contribution in [0.1, 0.15) is 27.0 Å². The lowest BCUT2D eigenvalue weighted by atomic mass is 10.1. The molecule has 0 aliphatic rings. The largest absolute Gasteiger partial charge is 0.417 e. The molecule has 0 saturated carbocycles. The summed E-state index contributed by atoms with van der Waals surface area (Å²) in [6.45, 7) is 3.56. The molecule has 1 N–H and O–H groups in total. The molecule has 1 heterocycles. The maximum absolute atomic E-state index is 13.2. The van der Waals surface area contributed by atoms with Gasteiger partial charge >= 0.3 is 6.18 Å². The van der Waals surface area contributed by atoms with Crippen LogP contribution in [0.25, 0.3) is 0 Å². The summed E-state index contributed by atoms with van der Waals surface area (Å²) in [5.41, 5.74) is 0.597. The van der Waals surface area contributed by atoms with Crippen LogP contribution in [0.3, 0.4) is 0 Å². The van der Waals surface area contributed by atoms with Gasteiger partial charge in [0, 0.05) is 11.9 Å². The van der Waals surface area contributed by atoms with Crippen molar-refractivity contribution in [1.82, 2.24) is 4.98 Å². The second kappa shape index (κ2) is 6.62. The molecule has 0 bridgehead atoms. The highest BCUT2D eigenvalue weighted by Gasteiger charge is 2.36. The Kier molecular flexibility index (Phi) is 4.99. The molecule has 23 heavy (non-hydrogen) atoms. The predicted molar refractivity (Wildman–Crippen MR) is 84.9 cm³/mol. The maximum Gasteiger partial charge on any atom is 0.417 e. The zero-order valence-corrected chi connectivity index (χ0v) is 13.6. The van der Waals surface area contributed by atoms with E-state index in [2.05, 4.69) is 10.3 Å². The van der Waals surface area contributed by atoms with Gasteiger partial charge in [-0.3, -0.25) is 4.79 Å². The molecule has 2 aromatic rings. The number of aryl methyl sites for hydroxylation is 2. The number of carbonyl (C=O) groups excluding carboxylic acids is 1. The number of pyridine rings is 1. The highest BCUT2D eigenvalue weighted by atomic mass is 32.2. The summed E-state index contributed by atoms with van der Waals surface area (Å²) >= 11 is 1.09. The molecular weight excluding hydrogens is 325 g/mol. The molecule has 0 aliphatic heterocycles. The van der Waals surface area contributed by atoms with Crippen LogP contribution in [0.15, 0.2) is 35.5 Å². The smallest absolute Gasteiger partial charge is 0.321 e. The van der Waals surface area contributed by atoms with Crippen molar-refractivity contribution in [2.45, 2.75) is 25.0 Å². The lowest BCUT2D eigenvalue weighted by Crippen LogP contribution is -2.20. The minimum atomic E-state index is -4.62. The average Bonchev–Trinajstić information content (AvgIpc) is 2.49. The lowest BCUT2D eigenvalue weighted by molar-refractivity contribution is -0.138. The topological polar surface area (TPSA) is 42.0 Å². The minimum Gasteiger partial charge on any atom is -0.321 e. The lowest BCUT2D eigenvalue weighted by Gasteiger charge is -2.15. The Morgan fingerprint density at radius 2 is 1.83 bits per heavy atom. The molecule has 7 heteroatoms. The third-order valence-electron chi connectivity index (χ3n) is 3.36. The van der Waals surface area contributed by atoms with Gasteiger partial charge in [-0.15, -0.1) is 11.8 Å². The van der Waals surface area contributed by atoms with E-state index in [4.69, 9.17) is 0 Å². The first kappa shape index (κ1) is 17.3. The van der Waals surface area contributed by atoms with Crippen LogP contribution >= 0.6 is 11.8 Å². The minimum absolute atomic E-state index is 0.209. The molecular formula is C16H15F3N2OS. The van der Waals surface area contributed by atoms with Crippen molar-refractivity contribution < 1.29 is 18.0 Å². The zero-order valence-electron chi connectivity index (χ0n) is 12.8. The van der Waals surface area contributed by atoms with Crippen molar-refractivity contribution >= 4 is 23.4 Å². The van der Waals surface area contributed by atoms with Crippen LogP contribution < -0.4 is 5.32 Å². The SMILES string of the molecule is CSc1cc(C(F)(F)F)c(C(=O)Nc2c(C)cccc2C)cn1. The summed E-state index contributed by atoms with van der Waals surface area (Å²) in [5, 5.41) is 2.77. The van der Waals surface area contributed by atoms with Crippen LogP contribution in [0.2, 0.25) is 0 Å².